The number of hydrogen-bond donors (Lipinski definition) is 2. The maximum atomic E-state index is 13.3. The Hall–Kier alpha value is -3.13. The molecule has 4 rings (SSSR count). The van der Waals surface area contributed by atoms with Crippen LogP contribution in [0.15, 0.2) is 65.7 Å². The molecule has 1 unspecified atom stereocenters. The lowest BCUT2D eigenvalue weighted by Gasteiger charge is -2.36. The molecule has 0 bridgehead atoms. The molecule has 0 radical (unpaired) electrons. The Morgan fingerprint density at radius 3 is 2.34 bits per heavy atom. The Labute approximate surface area is 222 Å². The van der Waals surface area contributed by atoms with Crippen molar-refractivity contribution in [1.29, 1.82) is 0 Å². The number of piperidine rings is 1. The van der Waals surface area contributed by atoms with Crippen molar-refractivity contribution in [2.45, 2.75) is 23.8 Å². The minimum absolute atomic E-state index is 0.0378. The van der Waals surface area contributed by atoms with Crippen molar-refractivity contribution in [2.75, 3.05) is 49.3 Å². The first kappa shape index (κ1) is 27.9. The fraction of sp³-hybridized carbons (Fsp3) is 0.360. The number of halogens is 1. The van der Waals surface area contributed by atoms with Crippen molar-refractivity contribution >= 4 is 43.0 Å². The molecule has 2 N–H and O–H groups in total. The molecule has 0 spiro atoms. The molecular weight excluding hydrogens is 531 g/mol. The number of benzene rings is 2. The van der Waals surface area contributed by atoms with E-state index in [0.29, 0.717) is 49.2 Å². The van der Waals surface area contributed by atoms with Crippen LogP contribution in [-0.4, -0.2) is 80.7 Å². The largest absolute Gasteiger partial charge is 0.340 e. The van der Waals surface area contributed by atoms with E-state index in [0.717, 1.165) is 6.42 Å². The first-order chi connectivity index (χ1) is 18.0. The van der Waals surface area contributed by atoms with Crippen LogP contribution in [0.1, 0.15) is 12.8 Å². The zero-order valence-electron chi connectivity index (χ0n) is 21.2. The Morgan fingerprint density at radius 1 is 1.00 bits per heavy atom. The molecule has 10 nitrogen and oxygen atoms in total. The predicted octanol–water partition coefficient (Wildman–Crippen LogP) is 3.23. The van der Waals surface area contributed by atoms with Gasteiger partial charge in [0.15, 0.2) is 0 Å². The third-order valence-electron chi connectivity index (χ3n) is 6.32. The molecule has 2 heterocycles. The summed E-state index contributed by atoms with van der Waals surface area (Å²) in [5.41, 5.74) is 1.28. The van der Waals surface area contributed by atoms with E-state index in [4.69, 9.17) is 0 Å². The number of aromatic nitrogens is 2. The third-order valence-corrected chi connectivity index (χ3v) is 9.12. The summed E-state index contributed by atoms with van der Waals surface area (Å²) in [5, 5.41) is 6.13. The van der Waals surface area contributed by atoms with Crippen molar-refractivity contribution in [3.05, 3.63) is 66.6 Å². The van der Waals surface area contributed by atoms with Gasteiger partial charge in [-0.2, -0.15) is 9.29 Å². The molecule has 1 atom stereocenters. The number of hydrogen-bond acceptors (Lipinski definition) is 9. The molecule has 38 heavy (non-hydrogen) atoms. The lowest BCUT2D eigenvalue weighted by molar-refractivity contribution is 0.170. The first-order valence-electron chi connectivity index (χ1n) is 12.1. The minimum atomic E-state index is -3.71. The summed E-state index contributed by atoms with van der Waals surface area (Å²) in [5.74, 6) is 0.525. The Bertz CT molecular complexity index is 1450. The molecule has 204 valence electrons. The third kappa shape index (κ3) is 7.47. The molecule has 1 saturated heterocycles. The average Bonchev–Trinajstić information content (AvgIpc) is 2.89. The van der Waals surface area contributed by atoms with E-state index >= 15 is 0 Å². The SMILES string of the molecule is CN(CCS(C)(=O)=O)C1CCCN(S(=O)(=O)c2ccc(Nc3nccc(Nc4ccc(F)cc4)n3)cc2)C1. The summed E-state index contributed by atoms with van der Waals surface area (Å²) < 4.78 is 64.2. The highest BCUT2D eigenvalue weighted by atomic mass is 32.2. The molecule has 1 aliphatic heterocycles. The van der Waals surface area contributed by atoms with Crippen molar-refractivity contribution in [3.63, 3.8) is 0 Å². The van der Waals surface area contributed by atoms with E-state index in [1.165, 1.54) is 34.8 Å². The molecule has 2 aromatic carbocycles. The topological polar surface area (TPSA) is 125 Å². The number of anilines is 4. The first-order valence-corrected chi connectivity index (χ1v) is 15.6. The van der Waals surface area contributed by atoms with E-state index in [-0.39, 0.29) is 22.5 Å². The van der Waals surface area contributed by atoms with Crippen molar-refractivity contribution in [3.8, 4) is 0 Å². The van der Waals surface area contributed by atoms with Gasteiger partial charge in [-0.05, 0) is 74.5 Å². The fourth-order valence-electron chi connectivity index (χ4n) is 4.15. The fourth-order valence-corrected chi connectivity index (χ4v) is 6.28. The summed E-state index contributed by atoms with van der Waals surface area (Å²) in [6, 6.07) is 13.9. The van der Waals surface area contributed by atoms with Gasteiger partial charge in [-0.3, -0.25) is 0 Å². The van der Waals surface area contributed by atoms with Crippen molar-refractivity contribution in [1.82, 2.24) is 19.2 Å². The van der Waals surface area contributed by atoms with Crippen LogP contribution in [0.3, 0.4) is 0 Å². The highest BCUT2D eigenvalue weighted by Crippen LogP contribution is 2.25. The lowest BCUT2D eigenvalue weighted by Crippen LogP contribution is -2.49. The maximum absolute atomic E-state index is 13.3. The van der Waals surface area contributed by atoms with Gasteiger partial charge in [-0.1, -0.05) is 0 Å². The van der Waals surface area contributed by atoms with Crippen molar-refractivity contribution < 1.29 is 21.2 Å². The number of rotatable bonds is 10. The molecule has 3 aromatic rings. The van der Waals surface area contributed by atoms with Crippen LogP contribution in [0.25, 0.3) is 0 Å². The van der Waals surface area contributed by atoms with Gasteiger partial charge in [0.05, 0.1) is 10.6 Å². The smallest absolute Gasteiger partial charge is 0.243 e. The van der Waals surface area contributed by atoms with Gasteiger partial charge in [-0.25, -0.2) is 26.2 Å². The molecule has 0 amide bonds. The molecule has 1 aromatic heterocycles. The number of likely N-dealkylation sites (N-methyl/N-ethyl adjacent to an activating group) is 1. The molecule has 0 aliphatic carbocycles. The monoisotopic (exact) mass is 562 g/mol. The quantitative estimate of drug-likeness (QED) is 0.383. The Morgan fingerprint density at radius 2 is 1.66 bits per heavy atom. The summed E-state index contributed by atoms with van der Waals surface area (Å²) >= 11 is 0. The molecule has 1 aliphatic rings. The van der Waals surface area contributed by atoms with Crippen LogP contribution < -0.4 is 10.6 Å². The number of nitrogens with zero attached hydrogens (tertiary/aromatic N) is 4. The normalized spacial score (nSPS) is 16.9. The summed E-state index contributed by atoms with van der Waals surface area (Å²) in [6.45, 7) is 1.09. The summed E-state index contributed by atoms with van der Waals surface area (Å²) in [6.07, 6.45) is 4.28. The summed E-state index contributed by atoms with van der Waals surface area (Å²) in [4.78, 5) is 10.7. The lowest BCUT2D eigenvalue weighted by atomic mass is 10.1. The van der Waals surface area contributed by atoms with Gasteiger partial charge in [0.25, 0.3) is 0 Å². The van der Waals surface area contributed by atoms with Crippen molar-refractivity contribution in [2.24, 2.45) is 0 Å². The Kier molecular flexibility index (Phi) is 8.61. The molecule has 0 saturated carbocycles. The van der Waals surface area contributed by atoms with Gasteiger partial charge in [0, 0.05) is 49.5 Å². The van der Waals surface area contributed by atoms with E-state index in [9.17, 15) is 21.2 Å². The van der Waals surface area contributed by atoms with Gasteiger partial charge < -0.3 is 15.5 Å². The van der Waals surface area contributed by atoms with Gasteiger partial charge in [0.1, 0.15) is 21.5 Å². The van der Waals surface area contributed by atoms with Gasteiger partial charge >= 0.3 is 0 Å². The predicted molar refractivity (Wildman–Crippen MR) is 146 cm³/mol. The van der Waals surface area contributed by atoms with Crippen LogP contribution in [0.4, 0.5) is 27.5 Å². The average molecular weight is 563 g/mol. The second kappa shape index (κ2) is 11.7. The Balaban J connectivity index is 1.39. The second-order valence-electron chi connectivity index (χ2n) is 9.32. The number of sulfone groups is 1. The van der Waals surface area contributed by atoms with Gasteiger partial charge in [0.2, 0.25) is 16.0 Å². The van der Waals surface area contributed by atoms with Crippen LogP contribution in [0.2, 0.25) is 0 Å². The van der Waals surface area contributed by atoms with E-state index in [1.54, 1.807) is 36.5 Å². The maximum Gasteiger partial charge on any atom is 0.243 e. The van der Waals surface area contributed by atoms with Crippen LogP contribution in [0, 0.1) is 5.82 Å². The number of sulfonamides is 1. The standard InChI is InChI=1S/C25H31FN6O4S2/c1-31(16-17-37(2,33)34)22-4-3-15-32(18-22)38(35,36)23-11-9-21(10-12-23)29-25-27-14-13-24(30-25)28-20-7-5-19(26)6-8-20/h5-14,22H,3-4,15-18H2,1-2H3,(H2,27,28,29,30). The highest BCUT2D eigenvalue weighted by Gasteiger charge is 2.32. The number of nitrogens with one attached hydrogen (secondary N) is 2. The zero-order chi connectivity index (χ0) is 27.3. The zero-order valence-corrected chi connectivity index (χ0v) is 22.8. The van der Waals surface area contributed by atoms with E-state index < -0.39 is 19.9 Å². The van der Waals surface area contributed by atoms with Gasteiger partial charge in [-0.15, -0.1) is 0 Å². The molecular formula is C25H31FN6O4S2. The highest BCUT2D eigenvalue weighted by molar-refractivity contribution is 7.90. The van der Waals surface area contributed by atoms with E-state index in [1.807, 2.05) is 11.9 Å². The van der Waals surface area contributed by atoms with Crippen LogP contribution in [-0.2, 0) is 19.9 Å². The molecule has 1 fully saturated rings. The second-order valence-corrected chi connectivity index (χ2v) is 13.5. The molecule has 13 heteroatoms. The van der Waals surface area contributed by atoms with E-state index in [2.05, 4.69) is 20.6 Å². The van der Waals surface area contributed by atoms with Crippen LogP contribution in [0.5, 0.6) is 0 Å². The summed E-state index contributed by atoms with van der Waals surface area (Å²) in [7, 11) is -4.97. The minimum Gasteiger partial charge on any atom is -0.340 e. The van der Waals surface area contributed by atoms with Crippen LogP contribution >= 0.6 is 0 Å².